The van der Waals surface area contributed by atoms with Crippen molar-refractivity contribution in [1.82, 2.24) is 4.72 Å². The van der Waals surface area contributed by atoms with Crippen LogP contribution in [-0.2, 0) is 16.4 Å². The van der Waals surface area contributed by atoms with Gasteiger partial charge in [-0.05, 0) is 31.2 Å². The number of furan rings is 1. The molecule has 0 saturated heterocycles. The Morgan fingerprint density at radius 1 is 1.50 bits per heavy atom. The Kier molecular flexibility index (Phi) is 4.59. The van der Waals surface area contributed by atoms with Crippen molar-refractivity contribution in [1.29, 1.82) is 0 Å². The summed E-state index contributed by atoms with van der Waals surface area (Å²) in [6.45, 7) is 1.78. The number of thiocarbonyl (C=S) groups is 1. The molecule has 108 valence electrons. The number of nitrogens with one attached hydrogen (secondary N) is 1. The minimum atomic E-state index is -3.56. The van der Waals surface area contributed by atoms with Crippen molar-refractivity contribution in [2.45, 2.75) is 23.6 Å². The largest absolute Gasteiger partial charge is 0.469 e. The van der Waals surface area contributed by atoms with E-state index in [1.165, 1.54) is 6.07 Å². The van der Waals surface area contributed by atoms with Gasteiger partial charge in [0.05, 0.1) is 11.1 Å². The van der Waals surface area contributed by atoms with E-state index >= 15 is 0 Å². The van der Waals surface area contributed by atoms with Gasteiger partial charge in [-0.2, -0.15) is 0 Å². The Labute approximate surface area is 126 Å². The fraction of sp³-hybridized carbons (Fsp3) is 0.250. The van der Waals surface area contributed by atoms with Crippen molar-refractivity contribution >= 4 is 38.6 Å². The molecular weight excluding hydrogens is 316 g/mol. The molecular formula is C12H14N2O3S3. The smallest absolute Gasteiger partial charge is 0.250 e. The molecule has 2 aromatic rings. The Morgan fingerprint density at radius 3 is 2.80 bits per heavy atom. The lowest BCUT2D eigenvalue weighted by Crippen LogP contribution is -2.33. The first-order valence-electron chi connectivity index (χ1n) is 5.83. The van der Waals surface area contributed by atoms with Gasteiger partial charge in [-0.25, -0.2) is 13.1 Å². The number of nitrogens with two attached hydrogens (primary N) is 1. The Hall–Kier alpha value is -1.22. The van der Waals surface area contributed by atoms with Gasteiger partial charge in [0.15, 0.2) is 0 Å². The van der Waals surface area contributed by atoms with Crippen LogP contribution in [0.2, 0.25) is 0 Å². The third kappa shape index (κ3) is 3.66. The zero-order valence-electron chi connectivity index (χ0n) is 10.7. The van der Waals surface area contributed by atoms with E-state index in [1.54, 1.807) is 31.4 Å². The van der Waals surface area contributed by atoms with Crippen LogP contribution < -0.4 is 10.5 Å². The molecule has 2 aromatic heterocycles. The summed E-state index contributed by atoms with van der Waals surface area (Å²) in [7, 11) is -3.56. The minimum absolute atomic E-state index is 0.195. The Bertz CT molecular complexity index is 689. The highest BCUT2D eigenvalue weighted by molar-refractivity contribution is 7.91. The van der Waals surface area contributed by atoms with Gasteiger partial charge in [-0.3, -0.25) is 0 Å². The highest BCUT2D eigenvalue weighted by atomic mass is 32.2. The van der Waals surface area contributed by atoms with Crippen LogP contribution in [0.5, 0.6) is 0 Å². The molecule has 3 N–H and O–H groups in total. The number of hydrogen-bond donors (Lipinski definition) is 2. The molecule has 0 fully saturated rings. The second-order valence-electron chi connectivity index (χ2n) is 4.29. The zero-order valence-corrected chi connectivity index (χ0v) is 13.1. The van der Waals surface area contributed by atoms with Gasteiger partial charge in [-0.15, -0.1) is 11.3 Å². The maximum Gasteiger partial charge on any atom is 0.250 e. The van der Waals surface area contributed by atoms with Crippen molar-refractivity contribution < 1.29 is 12.8 Å². The molecule has 0 spiro atoms. The van der Waals surface area contributed by atoms with E-state index in [0.717, 1.165) is 17.1 Å². The molecule has 0 aliphatic heterocycles. The van der Waals surface area contributed by atoms with Gasteiger partial charge in [0.25, 0.3) is 0 Å². The standard InChI is InChI=1S/C12H14N2O3S3/c1-8(7-9-3-2-6-17-9)14-20(15,16)11-5-4-10(19-11)12(13)18/h2-6,8,14H,7H2,1H3,(H2,13,18). The van der Waals surface area contributed by atoms with E-state index in [2.05, 4.69) is 4.72 Å². The molecule has 0 amide bonds. The van der Waals surface area contributed by atoms with Gasteiger partial charge in [0, 0.05) is 12.5 Å². The van der Waals surface area contributed by atoms with Crippen LogP contribution in [0.3, 0.4) is 0 Å². The Morgan fingerprint density at radius 2 is 2.25 bits per heavy atom. The quantitative estimate of drug-likeness (QED) is 0.790. The maximum absolute atomic E-state index is 12.2. The fourth-order valence-corrected chi connectivity index (χ4v) is 4.30. The van der Waals surface area contributed by atoms with E-state index in [0.29, 0.717) is 11.3 Å². The molecule has 0 aliphatic rings. The van der Waals surface area contributed by atoms with Crippen molar-refractivity contribution in [3.8, 4) is 0 Å². The molecule has 2 rings (SSSR count). The molecule has 1 atom stereocenters. The van der Waals surface area contributed by atoms with Gasteiger partial charge in [0.2, 0.25) is 10.0 Å². The summed E-state index contributed by atoms with van der Waals surface area (Å²) in [6, 6.07) is 6.41. The summed E-state index contributed by atoms with van der Waals surface area (Å²) in [5.41, 5.74) is 5.48. The lowest BCUT2D eigenvalue weighted by atomic mass is 10.2. The Balaban J connectivity index is 2.08. The van der Waals surface area contributed by atoms with Crippen LogP contribution in [0.25, 0.3) is 0 Å². The van der Waals surface area contributed by atoms with Crippen molar-refractivity contribution in [3.63, 3.8) is 0 Å². The van der Waals surface area contributed by atoms with Crippen LogP contribution in [0.15, 0.2) is 39.2 Å². The average Bonchev–Trinajstić information content (AvgIpc) is 2.97. The van der Waals surface area contributed by atoms with Crippen LogP contribution in [0, 0.1) is 0 Å². The van der Waals surface area contributed by atoms with Gasteiger partial charge in [0.1, 0.15) is 15.0 Å². The molecule has 5 nitrogen and oxygen atoms in total. The van der Waals surface area contributed by atoms with Crippen molar-refractivity contribution in [3.05, 3.63) is 41.2 Å². The molecule has 20 heavy (non-hydrogen) atoms. The predicted molar refractivity (Wildman–Crippen MR) is 82.4 cm³/mol. The topological polar surface area (TPSA) is 85.3 Å². The molecule has 0 aliphatic carbocycles. The summed E-state index contributed by atoms with van der Waals surface area (Å²) in [5.74, 6) is 0.732. The van der Waals surface area contributed by atoms with Crippen LogP contribution in [-0.4, -0.2) is 19.4 Å². The molecule has 2 heterocycles. The molecule has 0 aromatic carbocycles. The maximum atomic E-state index is 12.2. The van der Waals surface area contributed by atoms with Crippen molar-refractivity contribution in [2.24, 2.45) is 5.73 Å². The number of rotatable bonds is 6. The first-order chi connectivity index (χ1) is 9.38. The summed E-state index contributed by atoms with van der Waals surface area (Å²) >= 11 is 5.88. The lowest BCUT2D eigenvalue weighted by molar-refractivity contribution is 0.479. The van der Waals surface area contributed by atoms with E-state index in [-0.39, 0.29) is 15.2 Å². The molecule has 0 saturated carbocycles. The average molecular weight is 330 g/mol. The van der Waals surface area contributed by atoms with E-state index in [1.807, 2.05) is 0 Å². The molecule has 1 unspecified atom stereocenters. The van der Waals surface area contributed by atoms with E-state index in [9.17, 15) is 8.42 Å². The number of thiophene rings is 1. The molecule has 0 bridgehead atoms. The third-order valence-electron chi connectivity index (χ3n) is 2.53. The summed E-state index contributed by atoms with van der Waals surface area (Å²) in [4.78, 5) is 0.777. The predicted octanol–water partition coefficient (Wildman–Crippen LogP) is 1.88. The zero-order chi connectivity index (χ0) is 14.8. The van der Waals surface area contributed by atoms with Crippen molar-refractivity contribution in [2.75, 3.05) is 0 Å². The summed E-state index contributed by atoms with van der Waals surface area (Å²) in [5, 5.41) is 0. The SMILES string of the molecule is CC(Cc1ccco1)NS(=O)(=O)c1ccc(C(N)=S)s1. The van der Waals surface area contributed by atoms with E-state index in [4.69, 9.17) is 22.4 Å². The monoisotopic (exact) mass is 330 g/mol. The fourth-order valence-electron chi connectivity index (χ4n) is 1.69. The highest BCUT2D eigenvalue weighted by Crippen LogP contribution is 2.21. The first kappa shape index (κ1) is 15.2. The molecule has 8 heteroatoms. The molecule has 0 radical (unpaired) electrons. The van der Waals surface area contributed by atoms with E-state index < -0.39 is 10.0 Å². The second kappa shape index (κ2) is 6.04. The van der Waals surface area contributed by atoms with Gasteiger partial charge >= 0.3 is 0 Å². The second-order valence-corrected chi connectivity index (χ2v) is 7.75. The number of hydrogen-bond acceptors (Lipinski definition) is 5. The van der Waals surface area contributed by atoms with Crippen LogP contribution in [0.1, 0.15) is 17.6 Å². The van der Waals surface area contributed by atoms with Gasteiger partial charge in [-0.1, -0.05) is 12.2 Å². The summed E-state index contributed by atoms with van der Waals surface area (Å²) < 4.78 is 32.4. The summed E-state index contributed by atoms with van der Waals surface area (Å²) in [6.07, 6.45) is 2.05. The third-order valence-corrected chi connectivity index (χ3v) is 6.08. The van der Waals surface area contributed by atoms with Gasteiger partial charge < -0.3 is 10.2 Å². The lowest BCUT2D eigenvalue weighted by Gasteiger charge is -2.11. The minimum Gasteiger partial charge on any atom is -0.469 e. The number of sulfonamides is 1. The highest BCUT2D eigenvalue weighted by Gasteiger charge is 2.20. The van der Waals surface area contributed by atoms with Crippen LogP contribution >= 0.6 is 23.6 Å². The first-order valence-corrected chi connectivity index (χ1v) is 8.53. The normalized spacial score (nSPS) is 13.2. The van der Waals surface area contributed by atoms with Crippen LogP contribution in [0.4, 0.5) is 0 Å².